The van der Waals surface area contributed by atoms with Crippen molar-refractivity contribution >= 4 is 5.91 Å². The van der Waals surface area contributed by atoms with Gasteiger partial charge in [0.05, 0.1) is 5.60 Å². The maximum Gasteiger partial charge on any atom is 0.397 e. The molecule has 1 atom stereocenters. The first-order chi connectivity index (χ1) is 6.20. The van der Waals surface area contributed by atoms with E-state index < -0.39 is 24.1 Å². The zero-order chi connectivity index (χ0) is 11.0. The van der Waals surface area contributed by atoms with E-state index in [1.54, 1.807) is 0 Å². The van der Waals surface area contributed by atoms with E-state index in [1.165, 1.54) is 6.92 Å². The van der Waals surface area contributed by atoms with Crippen LogP contribution >= 0.6 is 0 Å². The average Bonchev–Trinajstić information content (AvgIpc) is 2.26. The molecule has 1 amide bonds. The third-order valence-corrected chi connectivity index (χ3v) is 2.16. The van der Waals surface area contributed by atoms with Gasteiger partial charge in [0.15, 0.2) is 0 Å². The molecular formula is C8H12F3NO2. The monoisotopic (exact) mass is 211 g/mol. The van der Waals surface area contributed by atoms with Gasteiger partial charge in [0, 0.05) is 13.1 Å². The maximum atomic E-state index is 11.8. The Bertz CT molecular complexity index is 237. The van der Waals surface area contributed by atoms with Crippen molar-refractivity contribution in [3.8, 4) is 0 Å². The van der Waals surface area contributed by atoms with Crippen LogP contribution in [0.25, 0.3) is 0 Å². The molecule has 1 fully saturated rings. The summed E-state index contributed by atoms with van der Waals surface area (Å²) in [7, 11) is 0. The summed E-state index contributed by atoms with van der Waals surface area (Å²) in [5.74, 6) is -0.963. The normalized spacial score (nSPS) is 28.2. The summed E-state index contributed by atoms with van der Waals surface area (Å²) in [6, 6.07) is 0. The lowest BCUT2D eigenvalue weighted by Crippen LogP contribution is -2.36. The van der Waals surface area contributed by atoms with Gasteiger partial charge in [0.1, 0.15) is 6.42 Å². The summed E-state index contributed by atoms with van der Waals surface area (Å²) in [6.45, 7) is 1.69. The van der Waals surface area contributed by atoms with Crippen LogP contribution in [-0.2, 0) is 4.79 Å². The van der Waals surface area contributed by atoms with Gasteiger partial charge in [-0.1, -0.05) is 0 Å². The minimum absolute atomic E-state index is 0.0120. The predicted octanol–water partition coefficient (Wildman–Crippen LogP) is 0.922. The predicted molar refractivity (Wildman–Crippen MR) is 42.5 cm³/mol. The second-order valence-corrected chi connectivity index (χ2v) is 3.85. The van der Waals surface area contributed by atoms with Crippen LogP contribution in [0, 0.1) is 0 Å². The lowest BCUT2D eigenvalue weighted by Gasteiger charge is -2.19. The highest BCUT2D eigenvalue weighted by atomic mass is 19.4. The van der Waals surface area contributed by atoms with Crippen LogP contribution in [-0.4, -0.2) is 40.8 Å². The quantitative estimate of drug-likeness (QED) is 0.700. The number of β-amino-alcohol motifs (C(OH)–C–C–N with tert-alkyl or cyclic N) is 1. The van der Waals surface area contributed by atoms with Gasteiger partial charge in [-0.3, -0.25) is 4.79 Å². The van der Waals surface area contributed by atoms with E-state index in [-0.39, 0.29) is 13.1 Å². The van der Waals surface area contributed by atoms with Gasteiger partial charge >= 0.3 is 6.18 Å². The molecule has 0 saturated carbocycles. The fourth-order valence-corrected chi connectivity index (χ4v) is 1.44. The van der Waals surface area contributed by atoms with Crippen molar-refractivity contribution in [2.75, 3.05) is 13.1 Å². The third kappa shape index (κ3) is 3.17. The Morgan fingerprint density at radius 2 is 2.14 bits per heavy atom. The highest BCUT2D eigenvalue weighted by molar-refractivity contribution is 5.77. The summed E-state index contributed by atoms with van der Waals surface area (Å²) in [5.41, 5.74) is -1.04. The molecule has 1 rings (SSSR count). The van der Waals surface area contributed by atoms with Crippen molar-refractivity contribution < 1.29 is 23.1 Å². The number of halogens is 3. The lowest BCUT2D eigenvalue weighted by atomic mass is 10.1. The molecule has 6 heteroatoms. The number of carbonyl (C=O) groups excluding carboxylic acids is 1. The molecule has 1 aliphatic heterocycles. The molecule has 0 radical (unpaired) electrons. The number of likely N-dealkylation sites (tertiary alicyclic amines) is 1. The molecular weight excluding hydrogens is 199 g/mol. The fraction of sp³-hybridized carbons (Fsp3) is 0.875. The topological polar surface area (TPSA) is 40.5 Å². The van der Waals surface area contributed by atoms with Crippen molar-refractivity contribution in [1.82, 2.24) is 4.90 Å². The third-order valence-electron chi connectivity index (χ3n) is 2.16. The molecule has 14 heavy (non-hydrogen) atoms. The molecule has 1 saturated heterocycles. The van der Waals surface area contributed by atoms with Crippen LogP contribution in [0.5, 0.6) is 0 Å². The Labute approximate surface area is 79.5 Å². The highest BCUT2D eigenvalue weighted by Crippen LogP contribution is 2.25. The molecule has 0 spiro atoms. The second-order valence-electron chi connectivity index (χ2n) is 3.85. The van der Waals surface area contributed by atoms with Crippen LogP contribution in [0.15, 0.2) is 0 Å². The van der Waals surface area contributed by atoms with E-state index in [0.29, 0.717) is 6.42 Å². The zero-order valence-corrected chi connectivity index (χ0v) is 7.76. The fourth-order valence-electron chi connectivity index (χ4n) is 1.44. The molecule has 0 bridgehead atoms. The van der Waals surface area contributed by atoms with E-state index in [0.717, 1.165) is 4.90 Å². The number of hydrogen-bond donors (Lipinski definition) is 1. The Morgan fingerprint density at radius 1 is 1.57 bits per heavy atom. The molecule has 3 nitrogen and oxygen atoms in total. The van der Waals surface area contributed by atoms with Gasteiger partial charge in [-0.15, -0.1) is 0 Å². The Hall–Kier alpha value is -0.780. The first-order valence-corrected chi connectivity index (χ1v) is 4.26. The molecule has 0 aliphatic carbocycles. The minimum Gasteiger partial charge on any atom is -0.388 e. The standard InChI is InChI=1S/C8H12F3NO2/c1-7(14)2-3-12(5-7)6(13)4-8(9,10)11/h14H,2-5H2,1H3. The number of rotatable bonds is 1. The SMILES string of the molecule is CC1(O)CCN(C(=O)CC(F)(F)F)C1. The van der Waals surface area contributed by atoms with Gasteiger partial charge < -0.3 is 10.0 Å². The van der Waals surface area contributed by atoms with E-state index in [1.807, 2.05) is 0 Å². The summed E-state index contributed by atoms with van der Waals surface area (Å²) in [6.07, 6.45) is -5.58. The van der Waals surface area contributed by atoms with Crippen molar-refractivity contribution in [2.45, 2.75) is 31.5 Å². The van der Waals surface area contributed by atoms with Crippen LogP contribution < -0.4 is 0 Å². The van der Waals surface area contributed by atoms with Gasteiger partial charge in [-0.05, 0) is 13.3 Å². The van der Waals surface area contributed by atoms with Crippen LogP contribution in [0.4, 0.5) is 13.2 Å². The van der Waals surface area contributed by atoms with E-state index in [9.17, 15) is 23.1 Å². The summed E-state index contributed by atoms with van der Waals surface area (Å²) in [5, 5.41) is 9.44. The molecule has 0 aromatic rings. The van der Waals surface area contributed by atoms with Crippen LogP contribution in [0.1, 0.15) is 19.8 Å². The number of hydrogen-bond acceptors (Lipinski definition) is 2. The molecule has 1 aliphatic rings. The number of nitrogens with zero attached hydrogens (tertiary/aromatic N) is 1. The van der Waals surface area contributed by atoms with Gasteiger partial charge in [0.25, 0.3) is 0 Å². The molecule has 1 N–H and O–H groups in total. The number of alkyl halides is 3. The molecule has 82 valence electrons. The average molecular weight is 211 g/mol. The maximum absolute atomic E-state index is 11.8. The zero-order valence-electron chi connectivity index (χ0n) is 7.76. The summed E-state index contributed by atoms with van der Waals surface area (Å²) >= 11 is 0. The van der Waals surface area contributed by atoms with Crippen molar-refractivity contribution in [3.05, 3.63) is 0 Å². The second kappa shape index (κ2) is 3.42. The van der Waals surface area contributed by atoms with Gasteiger partial charge in [-0.2, -0.15) is 13.2 Å². The van der Waals surface area contributed by atoms with E-state index >= 15 is 0 Å². The Morgan fingerprint density at radius 3 is 2.50 bits per heavy atom. The van der Waals surface area contributed by atoms with Gasteiger partial charge in [0.2, 0.25) is 5.91 Å². The smallest absolute Gasteiger partial charge is 0.388 e. The Balaban J connectivity index is 2.48. The van der Waals surface area contributed by atoms with E-state index in [4.69, 9.17) is 0 Å². The number of carbonyl (C=O) groups is 1. The van der Waals surface area contributed by atoms with Crippen LogP contribution in [0.2, 0.25) is 0 Å². The largest absolute Gasteiger partial charge is 0.397 e. The molecule has 0 aromatic heterocycles. The highest BCUT2D eigenvalue weighted by Gasteiger charge is 2.38. The molecule has 1 unspecified atom stereocenters. The number of aliphatic hydroxyl groups is 1. The summed E-state index contributed by atoms with van der Waals surface area (Å²) in [4.78, 5) is 12.1. The molecule has 0 aromatic carbocycles. The van der Waals surface area contributed by atoms with E-state index in [2.05, 4.69) is 0 Å². The first-order valence-electron chi connectivity index (χ1n) is 4.26. The number of amides is 1. The minimum atomic E-state index is -4.47. The van der Waals surface area contributed by atoms with Crippen molar-refractivity contribution in [3.63, 3.8) is 0 Å². The summed E-state index contributed by atoms with van der Waals surface area (Å²) < 4.78 is 35.5. The Kier molecular flexibility index (Phi) is 2.76. The van der Waals surface area contributed by atoms with Crippen molar-refractivity contribution in [1.29, 1.82) is 0 Å². The van der Waals surface area contributed by atoms with Gasteiger partial charge in [-0.25, -0.2) is 0 Å². The van der Waals surface area contributed by atoms with Crippen LogP contribution in [0.3, 0.4) is 0 Å². The first kappa shape index (κ1) is 11.3. The van der Waals surface area contributed by atoms with Crippen molar-refractivity contribution in [2.24, 2.45) is 0 Å². The lowest BCUT2D eigenvalue weighted by molar-refractivity contribution is -0.161. The molecule has 1 heterocycles.